The van der Waals surface area contributed by atoms with E-state index in [0.717, 1.165) is 29.0 Å². The summed E-state index contributed by atoms with van der Waals surface area (Å²) < 4.78 is 5.87. The van der Waals surface area contributed by atoms with Crippen LogP contribution in [0.2, 0.25) is 0 Å². The minimum atomic E-state index is -0.913. The minimum absolute atomic E-state index is 0.301. The van der Waals surface area contributed by atoms with Crippen LogP contribution >= 0.6 is 0 Å². The van der Waals surface area contributed by atoms with Crippen molar-refractivity contribution >= 4 is 5.97 Å². The fourth-order valence-corrected chi connectivity index (χ4v) is 1.99. The second-order valence-corrected chi connectivity index (χ2v) is 4.36. The first-order valence-corrected chi connectivity index (χ1v) is 6.21. The molecule has 2 rings (SSSR count). The third kappa shape index (κ3) is 2.94. The van der Waals surface area contributed by atoms with Crippen molar-refractivity contribution in [3.05, 3.63) is 59.2 Å². The van der Waals surface area contributed by atoms with Gasteiger partial charge in [0.25, 0.3) is 0 Å². The monoisotopic (exact) mass is 256 g/mol. The maximum absolute atomic E-state index is 11.1. The van der Waals surface area contributed by atoms with E-state index in [1.807, 2.05) is 44.2 Å². The van der Waals surface area contributed by atoms with E-state index >= 15 is 0 Å². The molecule has 0 spiro atoms. The Balaban J connectivity index is 2.42. The zero-order valence-electron chi connectivity index (χ0n) is 11.0. The number of benzene rings is 2. The third-order valence-electron chi connectivity index (χ3n) is 2.94. The van der Waals surface area contributed by atoms with Crippen molar-refractivity contribution in [1.29, 1.82) is 0 Å². The van der Waals surface area contributed by atoms with Crippen molar-refractivity contribution in [2.24, 2.45) is 0 Å². The molecule has 0 aromatic heterocycles. The first kappa shape index (κ1) is 13.1. The summed E-state index contributed by atoms with van der Waals surface area (Å²) in [7, 11) is 0. The molecule has 0 bridgehead atoms. The van der Waals surface area contributed by atoms with Crippen LogP contribution in [0.4, 0.5) is 0 Å². The summed E-state index contributed by atoms with van der Waals surface area (Å²) in [6.45, 7) is 3.85. The van der Waals surface area contributed by atoms with Gasteiger partial charge in [0.1, 0.15) is 11.5 Å². The molecule has 0 aliphatic heterocycles. The quantitative estimate of drug-likeness (QED) is 0.897. The first-order valence-electron chi connectivity index (χ1n) is 6.21. The highest BCUT2D eigenvalue weighted by atomic mass is 16.5. The van der Waals surface area contributed by atoms with Gasteiger partial charge in [-0.05, 0) is 48.7 Å². The minimum Gasteiger partial charge on any atom is -0.478 e. The highest BCUT2D eigenvalue weighted by molar-refractivity contribution is 5.88. The summed E-state index contributed by atoms with van der Waals surface area (Å²) in [6, 6.07) is 12.8. The molecule has 0 atom stereocenters. The van der Waals surface area contributed by atoms with Crippen molar-refractivity contribution in [1.82, 2.24) is 0 Å². The van der Waals surface area contributed by atoms with E-state index in [9.17, 15) is 4.79 Å². The van der Waals surface area contributed by atoms with E-state index in [1.165, 1.54) is 0 Å². The van der Waals surface area contributed by atoms with Crippen LogP contribution in [0.3, 0.4) is 0 Å². The number of aryl methyl sites for hydroxylation is 2. The van der Waals surface area contributed by atoms with Gasteiger partial charge >= 0.3 is 5.97 Å². The van der Waals surface area contributed by atoms with Crippen LogP contribution < -0.4 is 4.74 Å². The Morgan fingerprint density at radius 1 is 1.21 bits per heavy atom. The SMILES string of the molecule is CCc1cc(C(=O)O)cc(C)c1Oc1ccccc1. The lowest BCUT2D eigenvalue weighted by atomic mass is 10.0. The maximum atomic E-state index is 11.1. The fourth-order valence-electron chi connectivity index (χ4n) is 1.99. The number of carbonyl (C=O) groups is 1. The lowest BCUT2D eigenvalue weighted by Crippen LogP contribution is -2.01. The summed E-state index contributed by atoms with van der Waals surface area (Å²) >= 11 is 0. The molecule has 0 amide bonds. The molecule has 2 aromatic carbocycles. The van der Waals surface area contributed by atoms with Gasteiger partial charge in [0.05, 0.1) is 5.56 Å². The standard InChI is InChI=1S/C16H16O3/c1-3-12-10-13(16(17)18)9-11(2)15(12)19-14-7-5-4-6-8-14/h4-10H,3H2,1-2H3,(H,17,18). The largest absolute Gasteiger partial charge is 0.478 e. The molecular formula is C16H16O3. The highest BCUT2D eigenvalue weighted by Gasteiger charge is 2.12. The molecule has 3 heteroatoms. The van der Waals surface area contributed by atoms with Crippen molar-refractivity contribution in [2.75, 3.05) is 0 Å². The van der Waals surface area contributed by atoms with Crippen molar-refractivity contribution in [3.8, 4) is 11.5 Å². The summed E-state index contributed by atoms with van der Waals surface area (Å²) in [5.74, 6) is 0.589. The molecular weight excluding hydrogens is 240 g/mol. The molecule has 2 aromatic rings. The van der Waals surface area contributed by atoms with E-state index in [2.05, 4.69) is 0 Å². The van der Waals surface area contributed by atoms with Gasteiger partial charge < -0.3 is 9.84 Å². The Morgan fingerprint density at radius 3 is 2.47 bits per heavy atom. The number of para-hydroxylation sites is 1. The number of carboxylic acid groups (broad SMARTS) is 1. The Morgan fingerprint density at radius 2 is 1.89 bits per heavy atom. The van der Waals surface area contributed by atoms with Crippen LogP contribution in [0.1, 0.15) is 28.4 Å². The highest BCUT2D eigenvalue weighted by Crippen LogP contribution is 2.30. The average molecular weight is 256 g/mol. The van der Waals surface area contributed by atoms with Crippen molar-refractivity contribution in [2.45, 2.75) is 20.3 Å². The molecule has 0 saturated carbocycles. The van der Waals surface area contributed by atoms with Crippen molar-refractivity contribution < 1.29 is 14.6 Å². The van der Waals surface area contributed by atoms with Crippen LogP contribution in [0, 0.1) is 6.92 Å². The van der Waals surface area contributed by atoms with Gasteiger partial charge in [-0.1, -0.05) is 25.1 Å². The summed E-state index contributed by atoms with van der Waals surface area (Å²) in [5.41, 5.74) is 2.04. The molecule has 1 N–H and O–H groups in total. The average Bonchev–Trinajstić information content (AvgIpc) is 2.41. The molecule has 0 heterocycles. The van der Waals surface area contributed by atoms with E-state index in [1.54, 1.807) is 12.1 Å². The molecule has 19 heavy (non-hydrogen) atoms. The van der Waals surface area contributed by atoms with Gasteiger partial charge in [0.2, 0.25) is 0 Å². The van der Waals surface area contributed by atoms with Crippen LogP contribution in [-0.4, -0.2) is 11.1 Å². The molecule has 98 valence electrons. The van der Waals surface area contributed by atoms with E-state index in [-0.39, 0.29) is 0 Å². The van der Waals surface area contributed by atoms with Gasteiger partial charge in [0.15, 0.2) is 0 Å². The van der Waals surface area contributed by atoms with Gasteiger partial charge in [-0.15, -0.1) is 0 Å². The number of ether oxygens (including phenoxy) is 1. The van der Waals surface area contributed by atoms with E-state index < -0.39 is 5.97 Å². The molecule has 0 saturated heterocycles. The molecule has 0 unspecified atom stereocenters. The predicted molar refractivity (Wildman–Crippen MR) is 74.0 cm³/mol. The van der Waals surface area contributed by atoms with Gasteiger partial charge in [-0.25, -0.2) is 4.79 Å². The lowest BCUT2D eigenvalue weighted by Gasteiger charge is -2.14. The lowest BCUT2D eigenvalue weighted by molar-refractivity contribution is 0.0696. The first-order chi connectivity index (χ1) is 9.11. The summed E-state index contributed by atoms with van der Waals surface area (Å²) in [4.78, 5) is 11.1. The Kier molecular flexibility index (Phi) is 3.85. The molecule has 0 aliphatic carbocycles. The third-order valence-corrected chi connectivity index (χ3v) is 2.94. The van der Waals surface area contributed by atoms with Gasteiger partial charge in [0, 0.05) is 0 Å². The Hall–Kier alpha value is -2.29. The van der Waals surface area contributed by atoms with Crippen LogP contribution in [-0.2, 0) is 6.42 Å². The van der Waals surface area contributed by atoms with Gasteiger partial charge in [-0.2, -0.15) is 0 Å². The molecule has 3 nitrogen and oxygen atoms in total. The second-order valence-electron chi connectivity index (χ2n) is 4.36. The van der Waals surface area contributed by atoms with Crippen molar-refractivity contribution in [3.63, 3.8) is 0 Å². The number of hydrogen-bond acceptors (Lipinski definition) is 2. The maximum Gasteiger partial charge on any atom is 0.335 e. The number of aromatic carboxylic acids is 1. The summed E-state index contributed by atoms with van der Waals surface area (Å²) in [5, 5.41) is 9.07. The predicted octanol–water partition coefficient (Wildman–Crippen LogP) is 4.05. The summed E-state index contributed by atoms with van der Waals surface area (Å²) in [6.07, 6.45) is 0.726. The van der Waals surface area contributed by atoms with E-state index in [0.29, 0.717) is 5.56 Å². The zero-order valence-corrected chi connectivity index (χ0v) is 11.0. The van der Waals surface area contributed by atoms with E-state index in [4.69, 9.17) is 9.84 Å². The zero-order chi connectivity index (χ0) is 13.8. The topological polar surface area (TPSA) is 46.5 Å². The van der Waals surface area contributed by atoms with Crippen LogP contribution in [0.25, 0.3) is 0 Å². The second kappa shape index (κ2) is 5.57. The number of carboxylic acids is 1. The number of rotatable bonds is 4. The molecule has 0 radical (unpaired) electrons. The molecule has 0 fully saturated rings. The van der Waals surface area contributed by atoms with Gasteiger partial charge in [-0.3, -0.25) is 0 Å². The Labute approximate surface area is 112 Å². The molecule has 0 aliphatic rings. The van der Waals surface area contributed by atoms with Crippen LogP contribution in [0.15, 0.2) is 42.5 Å². The normalized spacial score (nSPS) is 10.2. The Bertz CT molecular complexity index is 588. The number of hydrogen-bond donors (Lipinski definition) is 1. The fraction of sp³-hybridized carbons (Fsp3) is 0.188. The van der Waals surface area contributed by atoms with Crippen LogP contribution in [0.5, 0.6) is 11.5 Å². The smallest absolute Gasteiger partial charge is 0.335 e.